The van der Waals surface area contributed by atoms with Crippen molar-refractivity contribution in [2.45, 2.75) is 6.18 Å². The van der Waals surface area contributed by atoms with Crippen molar-refractivity contribution >= 4 is 5.70 Å². The van der Waals surface area contributed by atoms with Crippen LogP contribution < -0.4 is 0 Å². The zero-order valence-electron chi connectivity index (χ0n) is 8.47. The quantitative estimate of drug-likeness (QED) is 0.755. The van der Waals surface area contributed by atoms with E-state index in [-0.39, 0.29) is 11.3 Å². The van der Waals surface area contributed by atoms with Crippen LogP contribution in [0.4, 0.5) is 13.2 Å². The fraction of sp³-hybridized carbons (Fsp3) is 0.300. The molecule has 0 saturated heterocycles. The van der Waals surface area contributed by atoms with Crippen molar-refractivity contribution in [1.82, 2.24) is 9.88 Å². The van der Waals surface area contributed by atoms with Gasteiger partial charge in [-0.2, -0.15) is 13.2 Å². The maximum Gasteiger partial charge on any atom is 0.417 e. The monoisotopic (exact) mass is 216 g/mol. The molecule has 82 valence electrons. The summed E-state index contributed by atoms with van der Waals surface area (Å²) in [6.07, 6.45) is -2.09. The molecule has 0 spiro atoms. The Bertz CT molecular complexity index is 369. The molecule has 0 unspecified atom stereocenters. The van der Waals surface area contributed by atoms with E-state index in [2.05, 4.69) is 11.6 Å². The molecule has 0 radical (unpaired) electrons. The normalized spacial score (nSPS) is 11.3. The van der Waals surface area contributed by atoms with Gasteiger partial charge in [0.1, 0.15) is 0 Å². The average Bonchev–Trinajstić information content (AvgIpc) is 2.15. The zero-order chi connectivity index (χ0) is 11.6. The van der Waals surface area contributed by atoms with Crippen molar-refractivity contribution in [1.29, 1.82) is 0 Å². The lowest BCUT2D eigenvalue weighted by atomic mass is 10.1. The summed E-state index contributed by atoms with van der Waals surface area (Å²) in [7, 11) is 3.27. The molecule has 0 aliphatic carbocycles. The van der Waals surface area contributed by atoms with Gasteiger partial charge < -0.3 is 4.90 Å². The lowest BCUT2D eigenvalue weighted by molar-refractivity contribution is -0.137. The van der Waals surface area contributed by atoms with E-state index in [0.717, 1.165) is 12.3 Å². The molecule has 0 aromatic carbocycles. The zero-order valence-corrected chi connectivity index (χ0v) is 8.47. The van der Waals surface area contributed by atoms with Crippen molar-refractivity contribution in [2.24, 2.45) is 0 Å². The first kappa shape index (κ1) is 11.6. The van der Waals surface area contributed by atoms with Crippen LogP contribution in [0.2, 0.25) is 0 Å². The molecule has 0 saturated carbocycles. The Morgan fingerprint density at radius 2 is 2.00 bits per heavy atom. The SMILES string of the molecule is C=C(c1cnccc1C(F)(F)F)N(C)C. The third-order valence-corrected chi connectivity index (χ3v) is 1.98. The van der Waals surface area contributed by atoms with Crippen LogP contribution in [0.5, 0.6) is 0 Å². The van der Waals surface area contributed by atoms with E-state index >= 15 is 0 Å². The van der Waals surface area contributed by atoms with Gasteiger partial charge in [0, 0.05) is 37.7 Å². The number of aromatic nitrogens is 1. The minimum absolute atomic E-state index is 0.00926. The summed E-state index contributed by atoms with van der Waals surface area (Å²) in [5, 5.41) is 0. The van der Waals surface area contributed by atoms with Crippen molar-refractivity contribution in [2.75, 3.05) is 14.1 Å². The molecule has 0 amide bonds. The van der Waals surface area contributed by atoms with Crippen LogP contribution in [0, 0.1) is 0 Å². The molecule has 1 rings (SSSR count). The molecule has 2 nitrogen and oxygen atoms in total. The van der Waals surface area contributed by atoms with Gasteiger partial charge in [0.05, 0.1) is 5.56 Å². The smallest absolute Gasteiger partial charge is 0.378 e. The van der Waals surface area contributed by atoms with Gasteiger partial charge in [0.2, 0.25) is 0 Å². The van der Waals surface area contributed by atoms with Gasteiger partial charge in [-0.3, -0.25) is 4.98 Å². The summed E-state index contributed by atoms with van der Waals surface area (Å²) >= 11 is 0. The Hall–Kier alpha value is -1.52. The van der Waals surface area contributed by atoms with Crippen LogP contribution in [0.25, 0.3) is 5.70 Å². The number of alkyl halides is 3. The number of pyridine rings is 1. The highest BCUT2D eigenvalue weighted by Crippen LogP contribution is 2.34. The Morgan fingerprint density at radius 1 is 1.40 bits per heavy atom. The molecule has 0 aliphatic rings. The van der Waals surface area contributed by atoms with Crippen LogP contribution in [0.1, 0.15) is 11.1 Å². The second kappa shape index (κ2) is 3.92. The Labute approximate surface area is 86.0 Å². The van der Waals surface area contributed by atoms with Gasteiger partial charge in [0.15, 0.2) is 0 Å². The Balaban J connectivity index is 3.25. The van der Waals surface area contributed by atoms with Gasteiger partial charge in [0.25, 0.3) is 0 Å². The number of hydrogen-bond donors (Lipinski definition) is 0. The molecule has 0 aliphatic heterocycles. The average molecular weight is 216 g/mol. The highest BCUT2D eigenvalue weighted by atomic mass is 19.4. The molecule has 1 heterocycles. The van der Waals surface area contributed by atoms with Crippen molar-refractivity contribution in [3.8, 4) is 0 Å². The molecule has 1 aromatic heterocycles. The minimum Gasteiger partial charge on any atom is -0.378 e. The third kappa shape index (κ3) is 2.49. The Kier molecular flexibility index (Phi) is 3.02. The fourth-order valence-corrected chi connectivity index (χ4v) is 1.11. The van der Waals surface area contributed by atoms with Crippen LogP contribution >= 0.6 is 0 Å². The largest absolute Gasteiger partial charge is 0.417 e. The second-order valence-electron chi connectivity index (χ2n) is 3.26. The second-order valence-corrected chi connectivity index (χ2v) is 3.26. The van der Waals surface area contributed by atoms with Crippen LogP contribution in [0.3, 0.4) is 0 Å². The van der Waals surface area contributed by atoms with Gasteiger partial charge in [-0.1, -0.05) is 6.58 Å². The first-order chi connectivity index (χ1) is 6.84. The molecule has 0 N–H and O–H groups in total. The molecule has 15 heavy (non-hydrogen) atoms. The van der Waals surface area contributed by atoms with Crippen molar-refractivity contribution < 1.29 is 13.2 Å². The van der Waals surface area contributed by atoms with Crippen molar-refractivity contribution in [3.05, 3.63) is 36.2 Å². The topological polar surface area (TPSA) is 16.1 Å². The van der Waals surface area contributed by atoms with Gasteiger partial charge >= 0.3 is 6.18 Å². The van der Waals surface area contributed by atoms with Crippen molar-refractivity contribution in [3.63, 3.8) is 0 Å². The standard InChI is InChI=1S/C10H11F3N2/c1-7(15(2)3)8-6-14-5-4-9(8)10(11,12)13/h4-6H,1H2,2-3H3. The molecule has 0 atom stereocenters. The van der Waals surface area contributed by atoms with Gasteiger partial charge in [-0.15, -0.1) is 0 Å². The highest BCUT2D eigenvalue weighted by molar-refractivity contribution is 5.64. The maximum absolute atomic E-state index is 12.6. The summed E-state index contributed by atoms with van der Waals surface area (Å²) in [6.45, 7) is 3.58. The number of rotatable bonds is 2. The molecule has 0 fully saturated rings. The molecule has 1 aromatic rings. The van der Waals surface area contributed by atoms with E-state index in [1.165, 1.54) is 11.1 Å². The van der Waals surface area contributed by atoms with E-state index in [4.69, 9.17) is 0 Å². The third-order valence-electron chi connectivity index (χ3n) is 1.98. The lowest BCUT2D eigenvalue weighted by Crippen LogP contribution is -2.15. The van der Waals surface area contributed by atoms with Crippen LogP contribution in [-0.2, 0) is 6.18 Å². The molecule has 5 heteroatoms. The van der Waals surface area contributed by atoms with E-state index < -0.39 is 11.7 Å². The molecular weight excluding hydrogens is 205 g/mol. The number of hydrogen-bond acceptors (Lipinski definition) is 2. The Morgan fingerprint density at radius 3 is 2.47 bits per heavy atom. The van der Waals surface area contributed by atoms with Gasteiger partial charge in [-0.25, -0.2) is 0 Å². The maximum atomic E-state index is 12.6. The minimum atomic E-state index is -4.38. The summed E-state index contributed by atoms with van der Waals surface area (Å²) in [5.74, 6) is 0. The van der Waals surface area contributed by atoms with Gasteiger partial charge in [-0.05, 0) is 6.07 Å². The number of nitrogens with zero attached hydrogens (tertiary/aromatic N) is 2. The van der Waals surface area contributed by atoms with Crippen LogP contribution in [-0.4, -0.2) is 24.0 Å². The fourth-order valence-electron chi connectivity index (χ4n) is 1.11. The highest BCUT2D eigenvalue weighted by Gasteiger charge is 2.34. The van der Waals surface area contributed by atoms with E-state index in [1.807, 2.05) is 0 Å². The van der Waals surface area contributed by atoms with E-state index in [0.29, 0.717) is 0 Å². The summed E-state index contributed by atoms with van der Waals surface area (Å²) in [6, 6.07) is 0.948. The molecular formula is C10H11F3N2. The predicted octanol–water partition coefficient (Wildman–Crippen LogP) is 2.63. The van der Waals surface area contributed by atoms with E-state index in [1.54, 1.807) is 14.1 Å². The summed E-state index contributed by atoms with van der Waals surface area (Å²) in [4.78, 5) is 5.19. The van der Waals surface area contributed by atoms with Crippen LogP contribution in [0.15, 0.2) is 25.0 Å². The lowest BCUT2D eigenvalue weighted by Gasteiger charge is -2.19. The van der Waals surface area contributed by atoms with E-state index in [9.17, 15) is 13.2 Å². The number of halogens is 3. The first-order valence-electron chi connectivity index (χ1n) is 4.22. The summed E-state index contributed by atoms with van der Waals surface area (Å²) < 4.78 is 37.8. The molecule has 0 bridgehead atoms. The predicted molar refractivity (Wildman–Crippen MR) is 52.0 cm³/mol. The summed E-state index contributed by atoms with van der Waals surface area (Å²) in [5.41, 5.74) is -0.415. The first-order valence-corrected chi connectivity index (χ1v) is 4.22.